The number of nitrogens with two attached hydrogens (primary N) is 1. The zero-order chi connectivity index (χ0) is 12.9. The normalized spacial score (nSPS) is 11.3. The maximum Gasteiger partial charge on any atom is 0.201 e. The minimum atomic E-state index is 0.209. The van der Waals surface area contributed by atoms with Crippen molar-refractivity contribution in [2.24, 2.45) is 0 Å². The molecule has 7 heteroatoms. The fraction of sp³-hybridized carbons (Fsp3) is 0.182. The van der Waals surface area contributed by atoms with Crippen LogP contribution in [0.25, 0.3) is 17.2 Å². The van der Waals surface area contributed by atoms with Gasteiger partial charge in [-0.1, -0.05) is 11.6 Å². The number of fused-ring (bicyclic) bond motifs is 1. The monoisotopic (exact) mass is 263 g/mol. The van der Waals surface area contributed by atoms with E-state index in [0.29, 0.717) is 28.1 Å². The highest BCUT2D eigenvalue weighted by molar-refractivity contribution is 6.35. The molecule has 0 unspecified atom stereocenters. The smallest absolute Gasteiger partial charge is 0.201 e. The summed E-state index contributed by atoms with van der Waals surface area (Å²) in [7, 11) is 0. The Morgan fingerprint density at radius 3 is 2.72 bits per heavy atom. The van der Waals surface area contributed by atoms with Crippen LogP contribution >= 0.6 is 11.6 Å². The average Bonchev–Trinajstić information content (AvgIpc) is 2.90. The van der Waals surface area contributed by atoms with Gasteiger partial charge in [0.15, 0.2) is 11.4 Å². The number of hydrogen-bond donors (Lipinski definition) is 1. The molecule has 0 aromatic carbocycles. The number of nitrogen functional groups attached to an aromatic ring is 1. The van der Waals surface area contributed by atoms with Crippen LogP contribution in [0.2, 0.25) is 5.02 Å². The summed E-state index contributed by atoms with van der Waals surface area (Å²) in [5, 5.41) is 4.54. The van der Waals surface area contributed by atoms with Gasteiger partial charge in [-0.2, -0.15) is 4.52 Å². The highest BCUT2D eigenvalue weighted by Gasteiger charge is 2.17. The lowest BCUT2D eigenvalue weighted by Crippen LogP contribution is -2.02. The van der Waals surface area contributed by atoms with Gasteiger partial charge in [0.25, 0.3) is 0 Å². The third kappa shape index (κ3) is 1.53. The topological polar surface area (TPSA) is 82.2 Å². The summed E-state index contributed by atoms with van der Waals surface area (Å²) in [5.74, 6) is 2.64. The average molecular weight is 264 g/mol. The van der Waals surface area contributed by atoms with Crippen LogP contribution in [0.5, 0.6) is 0 Å². The predicted molar refractivity (Wildman–Crippen MR) is 67.4 cm³/mol. The van der Waals surface area contributed by atoms with Crippen molar-refractivity contribution < 1.29 is 4.42 Å². The Balaban J connectivity index is 2.38. The summed E-state index contributed by atoms with van der Waals surface area (Å²) in [6.07, 6.45) is 0. The van der Waals surface area contributed by atoms with Crippen molar-refractivity contribution in [2.45, 2.75) is 13.8 Å². The van der Waals surface area contributed by atoms with E-state index in [9.17, 15) is 0 Å². The first-order chi connectivity index (χ1) is 8.56. The third-order valence-corrected chi connectivity index (χ3v) is 2.88. The molecule has 0 radical (unpaired) electrons. The molecular weight excluding hydrogens is 254 g/mol. The molecule has 3 rings (SSSR count). The van der Waals surface area contributed by atoms with E-state index in [-0.39, 0.29) is 5.82 Å². The highest BCUT2D eigenvalue weighted by Crippen LogP contribution is 2.27. The first-order valence-corrected chi connectivity index (χ1v) is 5.69. The Kier molecular flexibility index (Phi) is 2.27. The fourth-order valence-corrected chi connectivity index (χ4v) is 1.91. The second kappa shape index (κ2) is 3.71. The zero-order valence-corrected chi connectivity index (χ0v) is 10.6. The van der Waals surface area contributed by atoms with Crippen molar-refractivity contribution in [3.05, 3.63) is 28.7 Å². The van der Waals surface area contributed by atoms with Crippen LogP contribution in [0.15, 0.2) is 16.5 Å². The van der Waals surface area contributed by atoms with Crippen molar-refractivity contribution >= 4 is 23.1 Å². The molecule has 3 heterocycles. The summed E-state index contributed by atoms with van der Waals surface area (Å²) in [6.45, 7) is 3.63. The van der Waals surface area contributed by atoms with Crippen LogP contribution in [0.1, 0.15) is 11.6 Å². The van der Waals surface area contributed by atoms with Gasteiger partial charge in [-0.25, -0.2) is 9.97 Å². The Morgan fingerprint density at radius 2 is 2.06 bits per heavy atom. The first-order valence-electron chi connectivity index (χ1n) is 5.31. The molecule has 0 aliphatic heterocycles. The number of aryl methyl sites for hydroxylation is 2. The Labute approximate surface area is 107 Å². The fourth-order valence-electron chi connectivity index (χ4n) is 1.74. The summed E-state index contributed by atoms with van der Waals surface area (Å²) in [5.41, 5.74) is 6.25. The van der Waals surface area contributed by atoms with Gasteiger partial charge in [0.1, 0.15) is 22.4 Å². The zero-order valence-electron chi connectivity index (χ0n) is 9.81. The molecule has 0 aliphatic carbocycles. The van der Waals surface area contributed by atoms with Gasteiger partial charge in [-0.05, 0) is 26.0 Å². The van der Waals surface area contributed by atoms with E-state index in [0.717, 1.165) is 5.76 Å². The molecule has 0 saturated carbocycles. The van der Waals surface area contributed by atoms with Crippen molar-refractivity contribution in [2.75, 3.05) is 5.73 Å². The lowest BCUT2D eigenvalue weighted by atomic mass is 10.4. The third-order valence-electron chi connectivity index (χ3n) is 2.52. The molecule has 6 nitrogen and oxygen atoms in total. The maximum atomic E-state index is 6.06. The highest BCUT2D eigenvalue weighted by atomic mass is 35.5. The molecule has 92 valence electrons. The summed E-state index contributed by atoms with van der Waals surface area (Å²) in [6, 6.07) is 3.65. The lowest BCUT2D eigenvalue weighted by Gasteiger charge is -2.03. The maximum absolute atomic E-state index is 6.06. The van der Waals surface area contributed by atoms with Gasteiger partial charge >= 0.3 is 0 Å². The van der Waals surface area contributed by atoms with E-state index in [1.807, 2.05) is 19.1 Å². The minimum Gasteiger partial charge on any atom is -0.458 e. The number of hydrogen-bond acceptors (Lipinski definition) is 5. The van der Waals surface area contributed by atoms with E-state index < -0.39 is 0 Å². The van der Waals surface area contributed by atoms with E-state index in [2.05, 4.69) is 15.1 Å². The van der Waals surface area contributed by atoms with E-state index in [1.165, 1.54) is 4.52 Å². The van der Waals surface area contributed by atoms with Crippen LogP contribution in [-0.2, 0) is 0 Å². The lowest BCUT2D eigenvalue weighted by molar-refractivity contribution is 0.541. The molecular formula is C11H10ClN5O. The predicted octanol–water partition coefficient (Wildman–Crippen LogP) is 2.24. The molecule has 0 amide bonds. The van der Waals surface area contributed by atoms with Crippen LogP contribution in [0, 0.1) is 13.8 Å². The first kappa shape index (κ1) is 11.0. The molecule has 0 aliphatic rings. The van der Waals surface area contributed by atoms with Gasteiger partial charge in [0.05, 0.1) is 0 Å². The van der Waals surface area contributed by atoms with Crippen molar-refractivity contribution in [1.29, 1.82) is 0 Å². The van der Waals surface area contributed by atoms with Gasteiger partial charge < -0.3 is 10.2 Å². The number of furan rings is 1. The van der Waals surface area contributed by atoms with E-state index in [4.69, 9.17) is 21.8 Å². The van der Waals surface area contributed by atoms with Gasteiger partial charge in [0.2, 0.25) is 5.82 Å². The van der Waals surface area contributed by atoms with Gasteiger partial charge in [0, 0.05) is 0 Å². The number of rotatable bonds is 1. The minimum absolute atomic E-state index is 0.209. The second-order valence-electron chi connectivity index (χ2n) is 3.94. The molecule has 0 saturated heterocycles. The molecule has 0 spiro atoms. The van der Waals surface area contributed by atoms with Crippen molar-refractivity contribution in [3.8, 4) is 11.6 Å². The second-order valence-corrected chi connectivity index (χ2v) is 4.32. The number of anilines is 1. The number of aromatic nitrogens is 4. The molecule has 0 fully saturated rings. The van der Waals surface area contributed by atoms with Crippen molar-refractivity contribution in [3.63, 3.8) is 0 Å². The number of halogens is 1. The van der Waals surface area contributed by atoms with Crippen LogP contribution in [0.3, 0.4) is 0 Å². The van der Waals surface area contributed by atoms with E-state index in [1.54, 1.807) is 6.92 Å². The number of nitrogens with zero attached hydrogens (tertiary/aromatic N) is 4. The molecule has 18 heavy (non-hydrogen) atoms. The van der Waals surface area contributed by atoms with Crippen LogP contribution in [-0.4, -0.2) is 19.6 Å². The quantitative estimate of drug-likeness (QED) is 0.728. The summed E-state index contributed by atoms with van der Waals surface area (Å²) >= 11 is 6.06. The molecule has 2 N–H and O–H groups in total. The molecule has 3 aromatic rings. The van der Waals surface area contributed by atoms with Crippen molar-refractivity contribution in [1.82, 2.24) is 19.6 Å². The Morgan fingerprint density at radius 1 is 1.28 bits per heavy atom. The SMILES string of the molecule is Cc1nc2c(Cl)c(N)nc(-c3ccc(C)o3)n2n1. The van der Waals surface area contributed by atoms with Gasteiger partial charge in [-0.3, -0.25) is 0 Å². The largest absolute Gasteiger partial charge is 0.458 e. The van der Waals surface area contributed by atoms with Crippen LogP contribution in [0.4, 0.5) is 5.82 Å². The Bertz CT molecular complexity index is 745. The standard InChI is InChI=1S/C11H10ClN5O/c1-5-3-4-7(18-5)10-15-9(13)8(12)11-14-6(2)16-17(10)11/h3-4H,13H2,1-2H3. The Hall–Kier alpha value is -2.08. The molecule has 3 aromatic heterocycles. The van der Waals surface area contributed by atoms with Crippen LogP contribution < -0.4 is 5.73 Å². The molecule has 0 bridgehead atoms. The summed E-state index contributed by atoms with van der Waals surface area (Å²) < 4.78 is 7.07. The van der Waals surface area contributed by atoms with Gasteiger partial charge in [-0.15, -0.1) is 5.10 Å². The van der Waals surface area contributed by atoms with E-state index >= 15 is 0 Å². The summed E-state index contributed by atoms with van der Waals surface area (Å²) in [4.78, 5) is 8.44. The molecule has 0 atom stereocenters.